The summed E-state index contributed by atoms with van der Waals surface area (Å²) < 4.78 is 0. The zero-order valence-corrected chi connectivity index (χ0v) is 35.4. The molecule has 0 saturated heterocycles. The first-order valence-corrected chi connectivity index (χ1v) is 22.1. The monoisotopic (exact) mass is 800 g/mol. The summed E-state index contributed by atoms with van der Waals surface area (Å²) in [7, 11) is 0. The van der Waals surface area contributed by atoms with Crippen LogP contribution in [0.2, 0.25) is 0 Å². The molecule has 3 aliphatic rings. The molecule has 63 heavy (non-hydrogen) atoms. The Bertz CT molecular complexity index is 3330. The Labute approximate surface area is 370 Å². The highest BCUT2D eigenvalue weighted by atomic mass is 14.4. The van der Waals surface area contributed by atoms with Crippen molar-refractivity contribution in [2.45, 2.75) is 19.3 Å². The first-order valence-electron chi connectivity index (χ1n) is 22.1. The van der Waals surface area contributed by atoms with E-state index >= 15 is 0 Å². The van der Waals surface area contributed by atoms with Crippen LogP contribution in [0.5, 0.6) is 0 Å². The molecule has 0 N–H and O–H groups in total. The van der Waals surface area contributed by atoms with Gasteiger partial charge in [-0.25, -0.2) is 0 Å². The van der Waals surface area contributed by atoms with Gasteiger partial charge in [0.2, 0.25) is 0 Å². The van der Waals surface area contributed by atoms with Crippen LogP contribution in [0.15, 0.2) is 236 Å². The second-order valence-corrected chi connectivity index (χ2v) is 17.5. The molecular formula is C63H44. The number of hydrogen-bond acceptors (Lipinski definition) is 0. The summed E-state index contributed by atoms with van der Waals surface area (Å²) in [6.07, 6.45) is 0. The Hall–Kier alpha value is -7.80. The molecule has 0 saturated carbocycles. The van der Waals surface area contributed by atoms with Gasteiger partial charge in [0.15, 0.2) is 0 Å². The summed E-state index contributed by atoms with van der Waals surface area (Å²) in [6.45, 7) is 4.70. The van der Waals surface area contributed by atoms with Gasteiger partial charge >= 0.3 is 0 Å². The lowest BCUT2D eigenvalue weighted by Crippen LogP contribution is -2.14. The average Bonchev–Trinajstić information content (AvgIpc) is 3.95. The summed E-state index contributed by atoms with van der Waals surface area (Å²) in [5, 5.41) is 0. The summed E-state index contributed by atoms with van der Waals surface area (Å²) >= 11 is 0. The second kappa shape index (κ2) is 14.7. The van der Waals surface area contributed by atoms with Gasteiger partial charge in [0.1, 0.15) is 0 Å². The minimum Gasteiger partial charge on any atom is -0.0622 e. The molecule has 0 amide bonds. The van der Waals surface area contributed by atoms with Gasteiger partial charge in [0, 0.05) is 5.41 Å². The van der Waals surface area contributed by atoms with E-state index in [1.807, 2.05) is 0 Å². The molecule has 3 aliphatic carbocycles. The maximum Gasteiger partial charge on any atom is 0.0158 e. The maximum atomic E-state index is 2.49. The SMILES string of the molecule is CC1(C)c2ccccc2-c2cc(-c3ccc(C4=C5C(=C(c6ccccc6)c6cc(-c7ccccc7)c(-c7ccccc7)cc65)C(c5ccccc5)=C4c4ccccc4)cc3)ccc21. The molecule has 9 aromatic carbocycles. The summed E-state index contributed by atoms with van der Waals surface area (Å²) in [5.41, 5.74) is 27.8. The van der Waals surface area contributed by atoms with Crippen molar-refractivity contribution >= 4 is 27.9 Å². The third kappa shape index (κ3) is 5.90. The third-order valence-corrected chi connectivity index (χ3v) is 13.6. The molecule has 0 radical (unpaired) electrons. The van der Waals surface area contributed by atoms with E-state index in [2.05, 4.69) is 244 Å². The van der Waals surface area contributed by atoms with Crippen molar-refractivity contribution in [3.8, 4) is 44.5 Å². The minimum atomic E-state index is -0.0229. The number of fused-ring (bicyclic) bond motifs is 6. The van der Waals surface area contributed by atoms with Gasteiger partial charge in [0.05, 0.1) is 0 Å². The molecule has 296 valence electrons. The molecule has 0 aliphatic heterocycles. The van der Waals surface area contributed by atoms with E-state index < -0.39 is 0 Å². The zero-order valence-electron chi connectivity index (χ0n) is 35.4. The molecule has 0 atom stereocenters. The van der Waals surface area contributed by atoms with Gasteiger partial charge in [-0.3, -0.25) is 0 Å². The fraction of sp³-hybridized carbons (Fsp3) is 0.0476. The number of rotatable bonds is 7. The van der Waals surface area contributed by atoms with Crippen LogP contribution in [0, 0.1) is 0 Å². The fourth-order valence-corrected chi connectivity index (χ4v) is 10.7. The molecule has 0 heterocycles. The molecule has 0 aromatic heterocycles. The van der Waals surface area contributed by atoms with Crippen LogP contribution in [0.25, 0.3) is 72.4 Å². The third-order valence-electron chi connectivity index (χ3n) is 13.6. The van der Waals surface area contributed by atoms with E-state index in [9.17, 15) is 0 Å². The van der Waals surface area contributed by atoms with Gasteiger partial charge in [-0.1, -0.05) is 226 Å². The molecular weight excluding hydrogens is 757 g/mol. The Morgan fingerprint density at radius 1 is 0.206 bits per heavy atom. The normalized spacial score (nSPS) is 14.4. The summed E-state index contributed by atoms with van der Waals surface area (Å²) in [6, 6.07) is 85.4. The van der Waals surface area contributed by atoms with Crippen molar-refractivity contribution in [3.63, 3.8) is 0 Å². The quantitative estimate of drug-likeness (QED) is 0.151. The first kappa shape index (κ1) is 37.0. The van der Waals surface area contributed by atoms with E-state index in [-0.39, 0.29) is 5.41 Å². The molecule has 9 aromatic rings. The Morgan fingerprint density at radius 2 is 0.571 bits per heavy atom. The van der Waals surface area contributed by atoms with E-state index in [0.29, 0.717) is 0 Å². The van der Waals surface area contributed by atoms with E-state index in [0.717, 1.165) is 0 Å². The molecule has 0 spiro atoms. The van der Waals surface area contributed by atoms with Crippen LogP contribution >= 0.6 is 0 Å². The van der Waals surface area contributed by atoms with Gasteiger partial charge < -0.3 is 0 Å². The Morgan fingerprint density at radius 3 is 1.11 bits per heavy atom. The number of hydrogen-bond donors (Lipinski definition) is 0. The van der Waals surface area contributed by atoms with E-state index in [4.69, 9.17) is 0 Å². The molecule has 12 rings (SSSR count). The van der Waals surface area contributed by atoms with Crippen LogP contribution in [-0.2, 0) is 5.41 Å². The number of benzene rings is 9. The molecule has 0 nitrogen and oxygen atoms in total. The Kier molecular flexibility index (Phi) is 8.63. The van der Waals surface area contributed by atoms with Crippen molar-refractivity contribution in [1.29, 1.82) is 0 Å². The van der Waals surface area contributed by atoms with Crippen LogP contribution in [0.1, 0.15) is 58.4 Å². The molecule has 0 heteroatoms. The predicted molar refractivity (Wildman–Crippen MR) is 266 cm³/mol. The van der Waals surface area contributed by atoms with Gasteiger partial charge in [-0.15, -0.1) is 0 Å². The van der Waals surface area contributed by atoms with Gasteiger partial charge in [-0.2, -0.15) is 0 Å². The highest BCUT2D eigenvalue weighted by Gasteiger charge is 2.41. The molecule has 0 bridgehead atoms. The van der Waals surface area contributed by atoms with E-state index in [1.54, 1.807) is 0 Å². The standard InChI is InChI=1S/C63H44/c1-63(2)55-31-19-18-30-49(55)52-38-48(36-37-56(52)63)41-32-34-47(35-33-41)59-58(45-26-14-6-15-27-45)60(46-28-16-7-17-29-46)62-57(44-24-12-5-13-25-44)53-39-50(42-20-8-3-9-21-42)51(40-54(53)61(59)62)43-22-10-4-11-23-43/h3-40H,1-2H3. The number of allylic oxidation sites excluding steroid dienone is 5. The van der Waals surface area contributed by atoms with Crippen LogP contribution in [0.3, 0.4) is 0 Å². The topological polar surface area (TPSA) is 0 Å². The lowest BCUT2D eigenvalue weighted by molar-refractivity contribution is 0.660. The summed E-state index contributed by atoms with van der Waals surface area (Å²) in [5.74, 6) is 0. The smallest absolute Gasteiger partial charge is 0.0158 e. The largest absolute Gasteiger partial charge is 0.0622 e. The Balaban J connectivity index is 1.14. The van der Waals surface area contributed by atoms with Gasteiger partial charge in [0.25, 0.3) is 0 Å². The van der Waals surface area contributed by atoms with Crippen molar-refractivity contribution < 1.29 is 0 Å². The average molecular weight is 801 g/mol. The molecule has 0 fully saturated rings. The van der Waals surface area contributed by atoms with Gasteiger partial charge in [-0.05, 0) is 141 Å². The highest BCUT2D eigenvalue weighted by Crippen LogP contribution is 2.62. The lowest BCUT2D eigenvalue weighted by atomic mass is 9.82. The lowest BCUT2D eigenvalue weighted by Gasteiger charge is -2.21. The van der Waals surface area contributed by atoms with Crippen molar-refractivity contribution in [3.05, 3.63) is 281 Å². The van der Waals surface area contributed by atoms with Crippen molar-refractivity contribution in [2.24, 2.45) is 0 Å². The van der Waals surface area contributed by atoms with Crippen molar-refractivity contribution in [1.82, 2.24) is 0 Å². The van der Waals surface area contributed by atoms with Crippen molar-refractivity contribution in [2.75, 3.05) is 0 Å². The summed E-state index contributed by atoms with van der Waals surface area (Å²) in [4.78, 5) is 0. The fourth-order valence-electron chi connectivity index (χ4n) is 10.7. The minimum absolute atomic E-state index is 0.0229. The predicted octanol–water partition coefficient (Wildman–Crippen LogP) is 16.3. The van der Waals surface area contributed by atoms with Crippen LogP contribution < -0.4 is 0 Å². The highest BCUT2D eigenvalue weighted by molar-refractivity contribution is 6.39. The zero-order chi connectivity index (χ0) is 42.1. The van der Waals surface area contributed by atoms with Crippen LogP contribution in [-0.4, -0.2) is 0 Å². The first-order chi connectivity index (χ1) is 31.0. The second-order valence-electron chi connectivity index (χ2n) is 17.5. The molecule has 0 unspecified atom stereocenters. The maximum absolute atomic E-state index is 2.49. The van der Waals surface area contributed by atoms with Crippen LogP contribution in [0.4, 0.5) is 0 Å². The van der Waals surface area contributed by atoms with E-state index in [1.165, 1.54) is 122 Å².